The van der Waals surface area contributed by atoms with Crippen LogP contribution >= 0.6 is 15.9 Å². The van der Waals surface area contributed by atoms with Crippen molar-refractivity contribution in [2.24, 2.45) is 0 Å². The fraction of sp³-hybridized carbons (Fsp3) is 0.235. The summed E-state index contributed by atoms with van der Waals surface area (Å²) in [6, 6.07) is 10.3. The number of hydrogen-bond acceptors (Lipinski definition) is 1. The number of carbonyl (C=O) groups is 1. The number of carbonyl (C=O) groups excluding carboxylic acids is 1. The smallest absolute Gasteiger partial charge is 0.143 e. The lowest BCUT2D eigenvalue weighted by Crippen LogP contribution is -2.08. The van der Waals surface area contributed by atoms with Crippen LogP contribution in [0.2, 0.25) is 0 Å². The van der Waals surface area contributed by atoms with E-state index < -0.39 is 11.6 Å². The normalized spacial score (nSPS) is 10.7. The van der Waals surface area contributed by atoms with Crippen LogP contribution in [0.25, 0.3) is 0 Å². The number of rotatable bonds is 5. The third-order valence-corrected chi connectivity index (χ3v) is 3.90. The minimum atomic E-state index is -0.695. The van der Waals surface area contributed by atoms with E-state index in [0.717, 1.165) is 17.2 Å². The van der Waals surface area contributed by atoms with E-state index in [1.165, 1.54) is 6.07 Å². The molecule has 0 saturated heterocycles. The number of ketones is 1. The summed E-state index contributed by atoms with van der Waals surface area (Å²) in [5.74, 6) is -1.55. The maximum atomic E-state index is 13.8. The van der Waals surface area contributed by atoms with E-state index in [1.807, 2.05) is 31.2 Å². The lowest BCUT2D eigenvalue weighted by atomic mass is 10.0. The summed E-state index contributed by atoms with van der Waals surface area (Å²) in [6.07, 6.45) is 0.634. The van der Waals surface area contributed by atoms with Crippen molar-refractivity contribution in [2.75, 3.05) is 0 Å². The molecule has 0 fully saturated rings. The summed E-state index contributed by atoms with van der Waals surface area (Å²) in [5, 5.41) is 0. The van der Waals surface area contributed by atoms with Crippen LogP contribution in [0.4, 0.5) is 8.78 Å². The van der Waals surface area contributed by atoms with Crippen molar-refractivity contribution >= 4 is 21.7 Å². The van der Waals surface area contributed by atoms with Crippen molar-refractivity contribution in [3.63, 3.8) is 0 Å². The van der Waals surface area contributed by atoms with Gasteiger partial charge in [0.05, 0.1) is 4.47 Å². The second kappa shape index (κ2) is 6.94. The minimum Gasteiger partial charge on any atom is -0.299 e. The van der Waals surface area contributed by atoms with Crippen LogP contribution < -0.4 is 0 Å². The molecular weight excluding hydrogens is 338 g/mol. The molecule has 0 aliphatic carbocycles. The van der Waals surface area contributed by atoms with E-state index in [4.69, 9.17) is 0 Å². The molecule has 0 saturated carbocycles. The average Bonchev–Trinajstić information content (AvgIpc) is 2.46. The number of benzene rings is 2. The van der Waals surface area contributed by atoms with Crippen LogP contribution in [-0.4, -0.2) is 5.78 Å². The predicted molar refractivity (Wildman–Crippen MR) is 82.3 cm³/mol. The maximum absolute atomic E-state index is 13.8. The molecule has 0 aliphatic heterocycles. The lowest BCUT2D eigenvalue weighted by Gasteiger charge is -2.06. The van der Waals surface area contributed by atoms with Crippen molar-refractivity contribution in [3.8, 4) is 0 Å². The molecule has 0 atom stereocenters. The molecule has 0 aromatic heterocycles. The van der Waals surface area contributed by atoms with E-state index in [9.17, 15) is 13.6 Å². The molecule has 0 amide bonds. The molecule has 1 nitrogen and oxygen atoms in total. The zero-order valence-electron chi connectivity index (χ0n) is 11.6. The molecule has 0 N–H and O–H groups in total. The van der Waals surface area contributed by atoms with E-state index >= 15 is 0 Å². The van der Waals surface area contributed by atoms with Gasteiger partial charge in [-0.2, -0.15) is 0 Å². The maximum Gasteiger partial charge on any atom is 0.143 e. The topological polar surface area (TPSA) is 17.1 Å². The van der Waals surface area contributed by atoms with E-state index in [2.05, 4.69) is 15.9 Å². The predicted octanol–water partition coefficient (Wildman–Crippen LogP) is 4.78. The number of Topliss-reactive ketones (excluding diaryl/α,β-unsaturated/α-hetero) is 1. The quantitative estimate of drug-likeness (QED) is 0.707. The Bertz CT molecular complexity index is 668. The third kappa shape index (κ3) is 4.21. The molecule has 2 aromatic carbocycles. The van der Waals surface area contributed by atoms with Crippen LogP contribution in [0.15, 0.2) is 40.9 Å². The largest absolute Gasteiger partial charge is 0.299 e. The zero-order valence-corrected chi connectivity index (χ0v) is 13.2. The molecule has 0 unspecified atom stereocenters. The van der Waals surface area contributed by atoms with Crippen LogP contribution in [0.5, 0.6) is 0 Å². The van der Waals surface area contributed by atoms with Gasteiger partial charge in [0.1, 0.15) is 17.4 Å². The van der Waals surface area contributed by atoms with Gasteiger partial charge in [-0.05, 0) is 47.0 Å². The Balaban J connectivity index is 2.01. The second-order valence-electron chi connectivity index (χ2n) is 5.03. The van der Waals surface area contributed by atoms with Gasteiger partial charge in [0, 0.05) is 18.4 Å². The van der Waals surface area contributed by atoms with Gasteiger partial charge in [0.25, 0.3) is 0 Å². The summed E-state index contributed by atoms with van der Waals surface area (Å²) in [6.45, 7) is 1.98. The van der Waals surface area contributed by atoms with Crippen LogP contribution in [0.3, 0.4) is 0 Å². The van der Waals surface area contributed by atoms with Gasteiger partial charge < -0.3 is 0 Å². The highest BCUT2D eigenvalue weighted by molar-refractivity contribution is 9.10. The van der Waals surface area contributed by atoms with Gasteiger partial charge in [-0.1, -0.05) is 29.8 Å². The first-order chi connectivity index (χ1) is 9.97. The Morgan fingerprint density at radius 2 is 1.95 bits per heavy atom. The second-order valence-corrected chi connectivity index (χ2v) is 5.88. The molecule has 2 rings (SSSR count). The summed E-state index contributed by atoms with van der Waals surface area (Å²) in [4.78, 5) is 11.9. The Morgan fingerprint density at radius 3 is 2.67 bits per heavy atom. The lowest BCUT2D eigenvalue weighted by molar-refractivity contribution is -0.118. The van der Waals surface area contributed by atoms with Crippen LogP contribution in [0, 0.1) is 18.6 Å². The SMILES string of the molecule is Cc1cccc(CCC(=O)Cc2c(F)ccc(Br)c2F)c1. The van der Waals surface area contributed by atoms with E-state index in [1.54, 1.807) is 0 Å². The summed E-state index contributed by atoms with van der Waals surface area (Å²) in [5.41, 5.74) is 2.01. The highest BCUT2D eigenvalue weighted by atomic mass is 79.9. The third-order valence-electron chi connectivity index (χ3n) is 3.29. The summed E-state index contributed by atoms with van der Waals surface area (Å²) >= 11 is 3.00. The molecular formula is C17H15BrF2O. The molecule has 0 bridgehead atoms. The van der Waals surface area contributed by atoms with Gasteiger partial charge in [-0.15, -0.1) is 0 Å². The first-order valence-corrected chi connectivity index (χ1v) is 7.46. The highest BCUT2D eigenvalue weighted by Crippen LogP contribution is 2.22. The van der Waals surface area contributed by atoms with Gasteiger partial charge in [0.2, 0.25) is 0 Å². The van der Waals surface area contributed by atoms with Gasteiger partial charge in [-0.3, -0.25) is 4.79 Å². The first kappa shape index (κ1) is 15.8. The Hall–Kier alpha value is -1.55. The Morgan fingerprint density at radius 1 is 1.19 bits per heavy atom. The van der Waals surface area contributed by atoms with Crippen molar-refractivity contribution in [3.05, 3.63) is 69.2 Å². The van der Waals surface area contributed by atoms with Gasteiger partial charge in [0.15, 0.2) is 0 Å². The Kier molecular flexibility index (Phi) is 5.23. The monoisotopic (exact) mass is 352 g/mol. The number of aryl methyl sites for hydroxylation is 2. The van der Waals surface area contributed by atoms with Crippen LogP contribution in [0.1, 0.15) is 23.1 Å². The molecule has 4 heteroatoms. The fourth-order valence-corrected chi connectivity index (χ4v) is 2.54. The van der Waals surface area contributed by atoms with E-state index in [0.29, 0.717) is 6.42 Å². The molecule has 0 aliphatic rings. The molecule has 0 spiro atoms. The van der Waals surface area contributed by atoms with Crippen molar-refractivity contribution in [2.45, 2.75) is 26.2 Å². The number of hydrogen-bond donors (Lipinski definition) is 0. The molecule has 21 heavy (non-hydrogen) atoms. The fourth-order valence-electron chi connectivity index (χ4n) is 2.17. The molecule has 0 radical (unpaired) electrons. The first-order valence-electron chi connectivity index (χ1n) is 6.67. The molecule has 0 heterocycles. The molecule has 2 aromatic rings. The highest BCUT2D eigenvalue weighted by Gasteiger charge is 2.15. The number of halogens is 3. The summed E-state index contributed by atoms with van der Waals surface area (Å²) in [7, 11) is 0. The standard InChI is InChI=1S/C17H15BrF2O/c1-11-3-2-4-12(9-11)5-6-13(21)10-14-16(19)8-7-15(18)17(14)20/h2-4,7-9H,5-6,10H2,1H3. The summed E-state index contributed by atoms with van der Waals surface area (Å²) < 4.78 is 27.6. The van der Waals surface area contributed by atoms with Gasteiger partial charge >= 0.3 is 0 Å². The minimum absolute atomic E-state index is 0.168. The average molecular weight is 353 g/mol. The van der Waals surface area contributed by atoms with Crippen molar-refractivity contribution < 1.29 is 13.6 Å². The van der Waals surface area contributed by atoms with Crippen molar-refractivity contribution in [1.29, 1.82) is 0 Å². The van der Waals surface area contributed by atoms with E-state index in [-0.39, 0.29) is 28.7 Å². The zero-order chi connectivity index (χ0) is 15.4. The van der Waals surface area contributed by atoms with Crippen LogP contribution in [-0.2, 0) is 17.6 Å². The van der Waals surface area contributed by atoms with Crippen molar-refractivity contribution in [1.82, 2.24) is 0 Å². The van der Waals surface area contributed by atoms with Gasteiger partial charge in [-0.25, -0.2) is 8.78 Å². The molecule has 110 valence electrons. The Labute approximate surface area is 131 Å².